The normalized spacial score (nSPS) is 19.1. The summed E-state index contributed by atoms with van der Waals surface area (Å²) in [5.41, 5.74) is -1.54. The van der Waals surface area contributed by atoms with Crippen LogP contribution in [0.1, 0.15) is 42.4 Å². The molecule has 5 rings (SSSR count). The van der Waals surface area contributed by atoms with Gasteiger partial charge in [-0.05, 0) is 55.5 Å². The number of nitro benzene ring substituents is 1. The lowest BCUT2D eigenvalue weighted by Gasteiger charge is -2.36. The third kappa shape index (κ3) is 8.17. The molecule has 1 amide bonds. The van der Waals surface area contributed by atoms with E-state index in [0.717, 1.165) is 30.0 Å². The van der Waals surface area contributed by atoms with Gasteiger partial charge in [0, 0.05) is 50.0 Å². The molecule has 1 saturated carbocycles. The fraction of sp³-hybridized carbons (Fsp3) is 0.419. The topological polar surface area (TPSA) is 101 Å². The molecule has 1 aliphatic heterocycles. The summed E-state index contributed by atoms with van der Waals surface area (Å²) >= 11 is 0. The van der Waals surface area contributed by atoms with E-state index in [-0.39, 0.29) is 30.2 Å². The molecule has 3 aromatic rings. The number of amides is 1. The second-order valence-corrected chi connectivity index (χ2v) is 11.3. The van der Waals surface area contributed by atoms with Gasteiger partial charge in [0.1, 0.15) is 11.3 Å². The number of aromatic nitrogens is 1. The number of rotatable bonds is 8. The molecule has 1 aromatic heterocycles. The van der Waals surface area contributed by atoms with E-state index in [9.17, 15) is 41.3 Å². The summed E-state index contributed by atoms with van der Waals surface area (Å²) in [6, 6.07) is 9.26. The van der Waals surface area contributed by atoms with E-state index in [0.29, 0.717) is 63.2 Å². The van der Waals surface area contributed by atoms with Gasteiger partial charge in [0.2, 0.25) is 5.91 Å². The maximum absolute atomic E-state index is 13.3. The number of nitro groups is 1. The van der Waals surface area contributed by atoms with Crippen molar-refractivity contribution in [2.24, 2.45) is 0 Å². The smallest absolute Gasteiger partial charge is 0.423 e. The van der Waals surface area contributed by atoms with Gasteiger partial charge in [-0.3, -0.25) is 19.9 Å². The van der Waals surface area contributed by atoms with Crippen molar-refractivity contribution in [3.63, 3.8) is 0 Å². The fourth-order valence-electron chi connectivity index (χ4n) is 5.72. The second-order valence-electron chi connectivity index (χ2n) is 11.3. The van der Waals surface area contributed by atoms with Crippen molar-refractivity contribution in [3.8, 4) is 5.75 Å². The first kappa shape index (κ1) is 32.8. The van der Waals surface area contributed by atoms with Crippen LogP contribution in [0.5, 0.6) is 5.75 Å². The second kappa shape index (κ2) is 13.4. The Bertz CT molecular complexity index is 1530. The third-order valence-corrected chi connectivity index (χ3v) is 8.18. The number of pyridine rings is 1. The van der Waals surface area contributed by atoms with Crippen molar-refractivity contribution in [1.82, 2.24) is 9.88 Å². The quantitative estimate of drug-likeness (QED) is 0.164. The SMILES string of the molecule is O=C(Cc1ccc(C(F)(F)F)cc1)N1CCN(c2cncc(OC3CCC(Nc4ccc([N+](=O)[O-])c(C(F)(F)F)c4)CC3)c2)CC1. The van der Waals surface area contributed by atoms with Gasteiger partial charge < -0.3 is 19.9 Å². The van der Waals surface area contributed by atoms with Crippen LogP contribution in [-0.4, -0.2) is 59.0 Å². The first-order chi connectivity index (χ1) is 21.8. The molecule has 0 radical (unpaired) electrons. The van der Waals surface area contributed by atoms with Crippen LogP contribution in [0.25, 0.3) is 0 Å². The molecule has 2 aliphatic rings. The van der Waals surface area contributed by atoms with E-state index in [2.05, 4.69) is 15.2 Å². The number of hydrogen-bond donors (Lipinski definition) is 1. The lowest BCUT2D eigenvalue weighted by molar-refractivity contribution is -0.388. The Labute approximate surface area is 260 Å². The number of hydrogen-bond acceptors (Lipinski definition) is 7. The molecule has 246 valence electrons. The van der Waals surface area contributed by atoms with Crippen LogP contribution in [0, 0.1) is 10.1 Å². The van der Waals surface area contributed by atoms with Crippen molar-refractivity contribution < 1.29 is 40.8 Å². The molecule has 2 aromatic carbocycles. The number of nitrogens with one attached hydrogen (secondary N) is 1. The average Bonchev–Trinajstić information content (AvgIpc) is 3.01. The maximum atomic E-state index is 13.3. The first-order valence-electron chi connectivity index (χ1n) is 14.7. The van der Waals surface area contributed by atoms with E-state index in [1.807, 2.05) is 6.07 Å². The molecule has 15 heteroatoms. The van der Waals surface area contributed by atoms with Gasteiger partial charge >= 0.3 is 12.4 Å². The molecule has 2 heterocycles. The van der Waals surface area contributed by atoms with Crippen LogP contribution in [0.2, 0.25) is 0 Å². The molecule has 1 aliphatic carbocycles. The summed E-state index contributed by atoms with van der Waals surface area (Å²) in [6.45, 7) is 1.97. The van der Waals surface area contributed by atoms with Crippen molar-refractivity contribution >= 4 is 23.0 Å². The van der Waals surface area contributed by atoms with Gasteiger partial charge in [0.25, 0.3) is 5.69 Å². The average molecular weight is 652 g/mol. The van der Waals surface area contributed by atoms with E-state index in [1.54, 1.807) is 17.3 Å². The minimum Gasteiger partial charge on any atom is -0.489 e. The lowest BCUT2D eigenvalue weighted by Crippen LogP contribution is -2.49. The Kier molecular flexibility index (Phi) is 9.58. The van der Waals surface area contributed by atoms with Gasteiger partial charge in [0.15, 0.2) is 0 Å². The first-order valence-corrected chi connectivity index (χ1v) is 14.7. The Morgan fingerprint density at radius 1 is 0.913 bits per heavy atom. The maximum Gasteiger partial charge on any atom is 0.423 e. The van der Waals surface area contributed by atoms with Crippen LogP contribution in [0.4, 0.5) is 43.4 Å². The Hall–Kier alpha value is -4.56. The number of halogens is 6. The van der Waals surface area contributed by atoms with Gasteiger partial charge in [-0.15, -0.1) is 0 Å². The molecule has 2 fully saturated rings. The summed E-state index contributed by atoms with van der Waals surface area (Å²) in [5.74, 6) is 0.411. The molecular weight excluding hydrogens is 620 g/mol. The van der Waals surface area contributed by atoms with Crippen LogP contribution in [0.3, 0.4) is 0 Å². The highest BCUT2D eigenvalue weighted by molar-refractivity contribution is 5.79. The summed E-state index contributed by atoms with van der Waals surface area (Å²) in [6.07, 6.45) is -3.56. The predicted octanol–water partition coefficient (Wildman–Crippen LogP) is 6.72. The fourth-order valence-corrected chi connectivity index (χ4v) is 5.72. The highest BCUT2D eigenvalue weighted by atomic mass is 19.4. The summed E-state index contributed by atoms with van der Waals surface area (Å²) in [7, 11) is 0. The molecular formula is C31H31F6N5O4. The van der Waals surface area contributed by atoms with Crippen LogP contribution >= 0.6 is 0 Å². The number of piperazine rings is 1. The van der Waals surface area contributed by atoms with Crippen LogP contribution in [-0.2, 0) is 23.6 Å². The summed E-state index contributed by atoms with van der Waals surface area (Å²) in [4.78, 5) is 30.8. The van der Waals surface area contributed by atoms with E-state index in [4.69, 9.17) is 4.74 Å². The molecule has 46 heavy (non-hydrogen) atoms. The zero-order chi connectivity index (χ0) is 33.1. The molecule has 0 bridgehead atoms. The van der Waals surface area contributed by atoms with Crippen molar-refractivity contribution in [1.29, 1.82) is 0 Å². The standard InChI is InChI=1S/C31H31F6N5O4/c32-30(33,34)21-3-1-20(2-4-21)15-29(43)41-13-11-40(12-14-41)24-17-26(19-38-18-24)46-25-8-5-22(6-9-25)39-23-7-10-28(42(44)45)27(16-23)31(35,36)37/h1-4,7,10,16-19,22,25,39H,5-6,8-9,11-15H2. The van der Waals surface area contributed by atoms with Crippen LogP contribution in [0.15, 0.2) is 60.9 Å². The third-order valence-electron chi connectivity index (χ3n) is 8.18. The zero-order valence-corrected chi connectivity index (χ0v) is 24.5. The number of nitrogens with zero attached hydrogens (tertiary/aromatic N) is 4. The predicted molar refractivity (Wildman–Crippen MR) is 157 cm³/mol. The van der Waals surface area contributed by atoms with Crippen molar-refractivity contribution in [2.45, 2.75) is 56.6 Å². The highest BCUT2D eigenvalue weighted by Gasteiger charge is 2.38. The van der Waals surface area contributed by atoms with Gasteiger partial charge in [0.05, 0.1) is 41.1 Å². The number of ether oxygens (including phenoxy) is 1. The van der Waals surface area contributed by atoms with Crippen LogP contribution < -0.4 is 15.0 Å². The number of carbonyl (C=O) groups excluding carboxylic acids is 1. The zero-order valence-electron chi connectivity index (χ0n) is 24.5. The largest absolute Gasteiger partial charge is 0.489 e. The number of alkyl halides is 6. The minimum atomic E-state index is -4.85. The monoisotopic (exact) mass is 651 g/mol. The molecule has 0 atom stereocenters. The Balaban J connectivity index is 1.09. The highest BCUT2D eigenvalue weighted by Crippen LogP contribution is 2.38. The number of benzene rings is 2. The lowest BCUT2D eigenvalue weighted by atomic mass is 9.92. The Morgan fingerprint density at radius 2 is 1.59 bits per heavy atom. The van der Waals surface area contributed by atoms with Gasteiger partial charge in [-0.25, -0.2) is 0 Å². The summed E-state index contributed by atoms with van der Waals surface area (Å²) < 4.78 is 84.6. The molecule has 1 saturated heterocycles. The summed E-state index contributed by atoms with van der Waals surface area (Å²) in [5, 5.41) is 14.1. The number of carbonyl (C=O) groups is 1. The minimum absolute atomic E-state index is 0.0171. The van der Waals surface area contributed by atoms with Crippen molar-refractivity contribution in [3.05, 3.63) is 87.7 Å². The van der Waals surface area contributed by atoms with Gasteiger partial charge in [-0.1, -0.05) is 12.1 Å². The van der Waals surface area contributed by atoms with E-state index < -0.39 is 34.1 Å². The van der Waals surface area contributed by atoms with Crippen molar-refractivity contribution in [2.75, 3.05) is 36.4 Å². The molecule has 1 N–H and O–H groups in total. The molecule has 0 spiro atoms. The number of anilines is 2. The molecule has 0 unspecified atom stereocenters. The molecule has 9 nitrogen and oxygen atoms in total. The Morgan fingerprint density at radius 3 is 2.20 bits per heavy atom. The van der Waals surface area contributed by atoms with E-state index >= 15 is 0 Å². The van der Waals surface area contributed by atoms with Gasteiger partial charge in [-0.2, -0.15) is 26.3 Å². The van der Waals surface area contributed by atoms with E-state index in [1.165, 1.54) is 18.2 Å².